The Bertz CT molecular complexity index is 616. The van der Waals surface area contributed by atoms with Crippen LogP contribution in [-0.2, 0) is 4.79 Å². The molecular weight excluding hydrogens is 352 g/mol. The van der Waals surface area contributed by atoms with Crippen molar-refractivity contribution in [3.05, 3.63) is 30.3 Å². The fourth-order valence-corrected chi connectivity index (χ4v) is 4.30. The molecule has 28 heavy (non-hydrogen) atoms. The summed E-state index contributed by atoms with van der Waals surface area (Å²) < 4.78 is 0. The van der Waals surface area contributed by atoms with Crippen molar-refractivity contribution >= 4 is 17.6 Å². The minimum atomic E-state index is -0.196. The van der Waals surface area contributed by atoms with Gasteiger partial charge in [0.1, 0.15) is 0 Å². The average Bonchev–Trinajstić information content (AvgIpc) is 2.73. The van der Waals surface area contributed by atoms with Crippen LogP contribution >= 0.6 is 0 Å². The number of hydrogen-bond acceptors (Lipinski definition) is 3. The maximum absolute atomic E-state index is 12.4. The lowest BCUT2D eigenvalue weighted by Crippen LogP contribution is -2.51. The van der Waals surface area contributed by atoms with Crippen molar-refractivity contribution in [1.82, 2.24) is 15.5 Å². The largest absolute Gasteiger partial charge is 0.355 e. The second-order valence-corrected chi connectivity index (χ2v) is 8.13. The number of carbonyl (C=O) groups excluding carboxylic acids is 2. The third-order valence-corrected chi connectivity index (χ3v) is 5.94. The van der Waals surface area contributed by atoms with Gasteiger partial charge in [-0.05, 0) is 50.3 Å². The maximum Gasteiger partial charge on any atom is 0.319 e. The Hall–Kier alpha value is -2.08. The lowest BCUT2D eigenvalue weighted by atomic mass is 9.89. The standard InChI is InChI=1S/C22H34N4O2/c27-21(23-15-18-9-3-1-4-10-18)17-26-14-8-7-13-20(26)16-24-22(28)25-19-11-5-2-6-12-19/h2,5-6,11-12,18,20H,1,3-4,7-10,13-17H2,(H,23,27)(H2,24,25,28). The molecule has 1 aliphatic heterocycles. The number of rotatable bonds is 7. The molecule has 154 valence electrons. The number of amides is 3. The first-order valence-electron chi connectivity index (χ1n) is 10.8. The number of likely N-dealkylation sites (tertiary alicyclic amines) is 1. The van der Waals surface area contributed by atoms with Crippen molar-refractivity contribution in [2.24, 2.45) is 5.92 Å². The van der Waals surface area contributed by atoms with Gasteiger partial charge in [0.2, 0.25) is 5.91 Å². The summed E-state index contributed by atoms with van der Waals surface area (Å²) in [5.41, 5.74) is 0.780. The minimum absolute atomic E-state index is 0.117. The molecule has 0 radical (unpaired) electrons. The Labute approximate surface area is 168 Å². The normalized spacial score (nSPS) is 21.1. The molecule has 6 heteroatoms. The predicted molar refractivity (Wildman–Crippen MR) is 112 cm³/mol. The smallest absolute Gasteiger partial charge is 0.319 e. The number of hydrogen-bond donors (Lipinski definition) is 3. The Morgan fingerprint density at radius 1 is 0.893 bits per heavy atom. The summed E-state index contributed by atoms with van der Waals surface area (Å²) in [6.07, 6.45) is 9.69. The van der Waals surface area contributed by atoms with E-state index in [2.05, 4.69) is 20.9 Å². The monoisotopic (exact) mass is 386 g/mol. The van der Waals surface area contributed by atoms with Gasteiger partial charge in [-0.3, -0.25) is 9.69 Å². The number of anilines is 1. The number of para-hydroxylation sites is 1. The lowest BCUT2D eigenvalue weighted by molar-refractivity contribution is -0.123. The number of nitrogens with one attached hydrogen (secondary N) is 3. The fraction of sp³-hybridized carbons (Fsp3) is 0.636. The summed E-state index contributed by atoms with van der Waals surface area (Å²) in [6.45, 7) is 2.73. The van der Waals surface area contributed by atoms with Gasteiger partial charge in [0.15, 0.2) is 0 Å². The molecule has 3 N–H and O–H groups in total. The topological polar surface area (TPSA) is 73.5 Å². The van der Waals surface area contributed by atoms with Crippen LogP contribution in [0.15, 0.2) is 30.3 Å². The summed E-state index contributed by atoms with van der Waals surface area (Å²) in [5, 5.41) is 8.95. The molecule has 1 atom stereocenters. The van der Waals surface area contributed by atoms with E-state index in [0.717, 1.165) is 38.0 Å². The highest BCUT2D eigenvalue weighted by molar-refractivity contribution is 5.89. The molecule has 0 bridgehead atoms. The summed E-state index contributed by atoms with van der Waals surface area (Å²) >= 11 is 0. The van der Waals surface area contributed by atoms with Crippen molar-refractivity contribution in [3.8, 4) is 0 Å². The predicted octanol–water partition coefficient (Wildman–Crippen LogP) is 3.36. The van der Waals surface area contributed by atoms with Gasteiger partial charge in [-0.2, -0.15) is 0 Å². The molecule has 1 saturated carbocycles. The maximum atomic E-state index is 12.4. The van der Waals surface area contributed by atoms with Gasteiger partial charge in [-0.25, -0.2) is 4.79 Å². The first-order chi connectivity index (χ1) is 13.7. The van der Waals surface area contributed by atoms with E-state index in [4.69, 9.17) is 0 Å². The number of urea groups is 1. The number of carbonyl (C=O) groups is 2. The zero-order valence-corrected chi connectivity index (χ0v) is 16.8. The molecule has 6 nitrogen and oxygen atoms in total. The van der Waals surface area contributed by atoms with E-state index in [9.17, 15) is 9.59 Å². The second kappa shape index (κ2) is 11.1. The van der Waals surface area contributed by atoms with Gasteiger partial charge in [-0.1, -0.05) is 43.9 Å². The zero-order valence-electron chi connectivity index (χ0n) is 16.8. The van der Waals surface area contributed by atoms with Crippen LogP contribution in [0.3, 0.4) is 0 Å². The number of piperidine rings is 1. The van der Waals surface area contributed by atoms with Gasteiger partial charge >= 0.3 is 6.03 Å². The minimum Gasteiger partial charge on any atom is -0.355 e. The molecule has 1 saturated heterocycles. The van der Waals surface area contributed by atoms with E-state index >= 15 is 0 Å². The van der Waals surface area contributed by atoms with E-state index in [0.29, 0.717) is 19.0 Å². The highest BCUT2D eigenvalue weighted by Gasteiger charge is 2.25. The van der Waals surface area contributed by atoms with Crippen LogP contribution in [0, 0.1) is 5.92 Å². The molecule has 1 heterocycles. The van der Waals surface area contributed by atoms with Gasteiger partial charge < -0.3 is 16.0 Å². The van der Waals surface area contributed by atoms with Crippen LogP contribution in [0.5, 0.6) is 0 Å². The van der Waals surface area contributed by atoms with Crippen LogP contribution in [0.2, 0.25) is 0 Å². The highest BCUT2D eigenvalue weighted by atomic mass is 16.2. The fourth-order valence-electron chi connectivity index (χ4n) is 4.30. The van der Waals surface area contributed by atoms with Crippen LogP contribution in [0.25, 0.3) is 0 Å². The SMILES string of the molecule is O=C(CN1CCCCC1CNC(=O)Nc1ccccc1)NCC1CCCCC1. The molecule has 2 aliphatic rings. The van der Waals surface area contributed by atoms with Crippen molar-refractivity contribution in [2.45, 2.75) is 57.4 Å². The first-order valence-corrected chi connectivity index (χ1v) is 10.8. The Balaban J connectivity index is 1.40. The average molecular weight is 387 g/mol. The zero-order chi connectivity index (χ0) is 19.6. The van der Waals surface area contributed by atoms with E-state index in [1.165, 1.54) is 32.1 Å². The van der Waals surface area contributed by atoms with Crippen molar-refractivity contribution < 1.29 is 9.59 Å². The van der Waals surface area contributed by atoms with Crippen LogP contribution in [0.4, 0.5) is 10.5 Å². The quantitative estimate of drug-likeness (QED) is 0.673. The molecule has 3 amide bonds. The molecule has 0 aromatic heterocycles. The van der Waals surface area contributed by atoms with Crippen molar-refractivity contribution in [1.29, 1.82) is 0 Å². The highest BCUT2D eigenvalue weighted by Crippen LogP contribution is 2.22. The van der Waals surface area contributed by atoms with Crippen molar-refractivity contribution in [2.75, 3.05) is 31.5 Å². The van der Waals surface area contributed by atoms with Gasteiger partial charge in [-0.15, -0.1) is 0 Å². The summed E-state index contributed by atoms with van der Waals surface area (Å²) in [6, 6.07) is 9.46. The van der Waals surface area contributed by atoms with E-state index in [1.807, 2.05) is 30.3 Å². The molecular formula is C22H34N4O2. The van der Waals surface area contributed by atoms with Crippen molar-refractivity contribution in [3.63, 3.8) is 0 Å². The Morgan fingerprint density at radius 3 is 2.43 bits per heavy atom. The van der Waals surface area contributed by atoms with E-state index in [-0.39, 0.29) is 18.0 Å². The van der Waals surface area contributed by atoms with Gasteiger partial charge in [0.25, 0.3) is 0 Å². The first kappa shape index (κ1) is 20.6. The van der Waals surface area contributed by atoms with E-state index < -0.39 is 0 Å². The van der Waals surface area contributed by atoms with Crippen LogP contribution < -0.4 is 16.0 Å². The molecule has 0 spiro atoms. The van der Waals surface area contributed by atoms with Crippen LogP contribution in [0.1, 0.15) is 51.4 Å². The molecule has 2 fully saturated rings. The molecule has 1 unspecified atom stereocenters. The number of nitrogens with zero attached hydrogens (tertiary/aromatic N) is 1. The molecule has 3 rings (SSSR count). The third-order valence-electron chi connectivity index (χ3n) is 5.94. The molecule has 1 aromatic rings. The molecule has 1 aromatic carbocycles. The second-order valence-electron chi connectivity index (χ2n) is 8.13. The number of benzene rings is 1. The summed E-state index contributed by atoms with van der Waals surface area (Å²) in [5.74, 6) is 0.768. The third kappa shape index (κ3) is 6.82. The van der Waals surface area contributed by atoms with E-state index in [1.54, 1.807) is 0 Å². The van der Waals surface area contributed by atoms with Crippen LogP contribution in [-0.4, -0.2) is 49.1 Å². The molecule has 1 aliphatic carbocycles. The Morgan fingerprint density at radius 2 is 1.64 bits per heavy atom. The summed E-state index contributed by atoms with van der Waals surface area (Å²) in [7, 11) is 0. The summed E-state index contributed by atoms with van der Waals surface area (Å²) in [4.78, 5) is 26.8. The lowest BCUT2D eigenvalue weighted by Gasteiger charge is -2.35. The van der Waals surface area contributed by atoms with Gasteiger partial charge in [0, 0.05) is 24.8 Å². The Kier molecular flexibility index (Phi) is 8.15. The van der Waals surface area contributed by atoms with Gasteiger partial charge in [0.05, 0.1) is 6.54 Å².